The highest BCUT2D eigenvalue weighted by Gasteiger charge is 2.42. The van der Waals surface area contributed by atoms with E-state index in [1.54, 1.807) is 26.0 Å². The summed E-state index contributed by atoms with van der Waals surface area (Å²) in [5, 5.41) is 11.9. The van der Waals surface area contributed by atoms with Crippen molar-refractivity contribution in [3.05, 3.63) is 60.2 Å². The minimum atomic E-state index is -1.44. The highest BCUT2D eigenvalue weighted by Crippen LogP contribution is 2.30. The van der Waals surface area contributed by atoms with E-state index in [0.29, 0.717) is 12.1 Å². The smallest absolute Gasteiger partial charge is 0.233 e. The molecule has 2 atom stereocenters. The standard InChI is InChI=1S/C23H27NO4/c1-4-24-22(28)23(3,20(26)15-25)14-16(2)21(27)19-12-10-18(11-13-19)17-8-6-5-7-9-17/h5-13,16,25H,4,14-15H2,1-3H3,(H,24,28). The Balaban J connectivity index is 2.18. The highest BCUT2D eigenvalue weighted by molar-refractivity contribution is 6.07. The Hall–Kier alpha value is -2.79. The van der Waals surface area contributed by atoms with Gasteiger partial charge >= 0.3 is 0 Å². The van der Waals surface area contributed by atoms with E-state index in [0.717, 1.165) is 11.1 Å². The van der Waals surface area contributed by atoms with Gasteiger partial charge in [-0.25, -0.2) is 0 Å². The topological polar surface area (TPSA) is 83.5 Å². The predicted molar refractivity (Wildman–Crippen MR) is 109 cm³/mol. The quantitative estimate of drug-likeness (QED) is 0.516. The molecule has 2 aromatic carbocycles. The van der Waals surface area contributed by atoms with Crippen LogP contribution in [-0.4, -0.2) is 35.7 Å². The Morgan fingerprint density at radius 3 is 2.11 bits per heavy atom. The van der Waals surface area contributed by atoms with Gasteiger partial charge in [-0.05, 0) is 31.4 Å². The molecule has 2 unspecified atom stereocenters. The van der Waals surface area contributed by atoms with Crippen molar-refractivity contribution in [1.82, 2.24) is 5.32 Å². The fraction of sp³-hybridized carbons (Fsp3) is 0.348. The summed E-state index contributed by atoms with van der Waals surface area (Å²) in [7, 11) is 0. The number of hydrogen-bond donors (Lipinski definition) is 2. The minimum absolute atomic E-state index is 0.0392. The molecule has 0 aliphatic rings. The Bertz CT molecular complexity index is 829. The van der Waals surface area contributed by atoms with Gasteiger partial charge in [0.25, 0.3) is 0 Å². The summed E-state index contributed by atoms with van der Waals surface area (Å²) in [5.41, 5.74) is 1.16. The monoisotopic (exact) mass is 381 g/mol. The third-order valence-corrected chi connectivity index (χ3v) is 5.04. The third kappa shape index (κ3) is 4.73. The number of rotatable bonds is 9. The van der Waals surface area contributed by atoms with E-state index in [9.17, 15) is 19.5 Å². The summed E-state index contributed by atoms with van der Waals surface area (Å²) in [5.74, 6) is -1.74. The number of ketones is 2. The molecule has 1 amide bonds. The molecule has 148 valence electrons. The van der Waals surface area contributed by atoms with Gasteiger partial charge < -0.3 is 10.4 Å². The van der Waals surface area contributed by atoms with Gasteiger partial charge in [0, 0.05) is 18.0 Å². The number of amides is 1. The average Bonchev–Trinajstić information content (AvgIpc) is 2.73. The lowest BCUT2D eigenvalue weighted by Crippen LogP contribution is -2.47. The summed E-state index contributed by atoms with van der Waals surface area (Å²) in [6.45, 7) is 4.58. The second-order valence-corrected chi connectivity index (χ2v) is 7.19. The molecule has 28 heavy (non-hydrogen) atoms. The molecule has 2 rings (SSSR count). The van der Waals surface area contributed by atoms with E-state index in [2.05, 4.69) is 5.32 Å². The van der Waals surface area contributed by atoms with E-state index in [4.69, 9.17) is 0 Å². The number of Topliss-reactive ketones (excluding diaryl/α,β-unsaturated/α-hetero) is 2. The summed E-state index contributed by atoms with van der Waals surface area (Å²) in [6.07, 6.45) is 0.0392. The summed E-state index contributed by atoms with van der Waals surface area (Å²) >= 11 is 0. The van der Waals surface area contributed by atoms with Crippen LogP contribution in [0.1, 0.15) is 37.6 Å². The molecule has 2 N–H and O–H groups in total. The van der Waals surface area contributed by atoms with Gasteiger partial charge in [-0.15, -0.1) is 0 Å². The zero-order valence-electron chi connectivity index (χ0n) is 16.6. The van der Waals surface area contributed by atoms with Crippen LogP contribution in [0, 0.1) is 11.3 Å². The maximum atomic E-state index is 12.9. The van der Waals surface area contributed by atoms with Crippen molar-refractivity contribution in [2.75, 3.05) is 13.2 Å². The number of nitrogens with one attached hydrogen (secondary N) is 1. The Morgan fingerprint density at radius 1 is 1.00 bits per heavy atom. The summed E-state index contributed by atoms with van der Waals surface area (Å²) < 4.78 is 0. The van der Waals surface area contributed by atoms with Crippen LogP contribution in [0.5, 0.6) is 0 Å². The molecular formula is C23H27NO4. The number of hydrogen-bond acceptors (Lipinski definition) is 4. The van der Waals surface area contributed by atoms with Crippen molar-refractivity contribution in [3.63, 3.8) is 0 Å². The molecule has 0 spiro atoms. The van der Waals surface area contributed by atoms with Crippen molar-refractivity contribution in [2.24, 2.45) is 11.3 Å². The van der Waals surface area contributed by atoms with Gasteiger partial charge in [0.15, 0.2) is 11.6 Å². The molecule has 0 aliphatic heterocycles. The molecule has 0 bridgehead atoms. The molecule has 0 saturated heterocycles. The lowest BCUT2D eigenvalue weighted by atomic mass is 9.75. The minimum Gasteiger partial charge on any atom is -0.389 e. The highest BCUT2D eigenvalue weighted by atomic mass is 16.3. The maximum absolute atomic E-state index is 12.9. The van der Waals surface area contributed by atoms with Gasteiger partial charge in [0.2, 0.25) is 5.91 Å². The van der Waals surface area contributed by atoms with Crippen LogP contribution in [0.15, 0.2) is 54.6 Å². The molecule has 0 fully saturated rings. The van der Waals surface area contributed by atoms with Crippen molar-refractivity contribution in [1.29, 1.82) is 0 Å². The van der Waals surface area contributed by atoms with E-state index >= 15 is 0 Å². The number of aliphatic hydroxyl groups excluding tert-OH is 1. The molecule has 0 heterocycles. The van der Waals surface area contributed by atoms with Crippen LogP contribution in [0.2, 0.25) is 0 Å². The molecular weight excluding hydrogens is 354 g/mol. The lowest BCUT2D eigenvalue weighted by Gasteiger charge is -2.28. The summed E-state index contributed by atoms with van der Waals surface area (Å²) in [6, 6.07) is 17.1. The van der Waals surface area contributed by atoms with Crippen LogP contribution in [0.3, 0.4) is 0 Å². The van der Waals surface area contributed by atoms with E-state index in [1.165, 1.54) is 6.92 Å². The van der Waals surface area contributed by atoms with Crippen LogP contribution in [0.25, 0.3) is 11.1 Å². The first-order valence-corrected chi connectivity index (χ1v) is 9.45. The van der Waals surface area contributed by atoms with Crippen molar-refractivity contribution < 1.29 is 19.5 Å². The number of carbonyl (C=O) groups is 3. The van der Waals surface area contributed by atoms with Gasteiger partial charge in [-0.3, -0.25) is 14.4 Å². The zero-order chi connectivity index (χ0) is 20.7. The molecule has 0 aliphatic carbocycles. The molecule has 5 nitrogen and oxygen atoms in total. The van der Waals surface area contributed by atoms with Crippen molar-refractivity contribution >= 4 is 17.5 Å². The summed E-state index contributed by atoms with van der Waals surface area (Å²) in [4.78, 5) is 37.5. The number of aliphatic hydroxyl groups is 1. The van der Waals surface area contributed by atoms with Crippen LogP contribution < -0.4 is 5.32 Å². The van der Waals surface area contributed by atoms with Crippen LogP contribution >= 0.6 is 0 Å². The first-order valence-electron chi connectivity index (χ1n) is 9.45. The average molecular weight is 381 g/mol. The van der Waals surface area contributed by atoms with Crippen LogP contribution in [0.4, 0.5) is 0 Å². The molecule has 2 aromatic rings. The fourth-order valence-electron chi connectivity index (χ4n) is 3.31. The molecule has 0 radical (unpaired) electrons. The van der Waals surface area contributed by atoms with Gasteiger partial charge in [-0.2, -0.15) is 0 Å². The molecule has 5 heteroatoms. The third-order valence-electron chi connectivity index (χ3n) is 5.04. The molecule has 0 aromatic heterocycles. The Kier molecular flexibility index (Phi) is 7.24. The van der Waals surface area contributed by atoms with Gasteiger partial charge in [0.05, 0.1) is 0 Å². The SMILES string of the molecule is CCNC(=O)C(C)(CC(C)C(=O)c1ccc(-c2ccccc2)cc1)C(=O)CO. The Labute approximate surface area is 165 Å². The van der Waals surface area contributed by atoms with Gasteiger partial charge in [-0.1, -0.05) is 61.5 Å². The maximum Gasteiger partial charge on any atom is 0.233 e. The van der Waals surface area contributed by atoms with Crippen molar-refractivity contribution in [2.45, 2.75) is 27.2 Å². The van der Waals surface area contributed by atoms with E-state index in [1.807, 2.05) is 42.5 Å². The molecule has 0 saturated carbocycles. The second-order valence-electron chi connectivity index (χ2n) is 7.19. The number of carbonyl (C=O) groups excluding carboxylic acids is 3. The first-order chi connectivity index (χ1) is 13.3. The number of benzene rings is 2. The van der Waals surface area contributed by atoms with Crippen LogP contribution in [-0.2, 0) is 9.59 Å². The van der Waals surface area contributed by atoms with E-state index < -0.39 is 29.6 Å². The zero-order valence-corrected chi connectivity index (χ0v) is 16.6. The largest absolute Gasteiger partial charge is 0.389 e. The fourth-order valence-corrected chi connectivity index (χ4v) is 3.31. The normalized spacial score (nSPS) is 14.0. The Morgan fingerprint density at radius 2 is 1.57 bits per heavy atom. The first kappa shape index (κ1) is 21.5. The predicted octanol–water partition coefficient (Wildman–Crippen LogP) is 3.27. The lowest BCUT2D eigenvalue weighted by molar-refractivity contribution is -0.143. The second kappa shape index (κ2) is 9.42. The van der Waals surface area contributed by atoms with E-state index in [-0.39, 0.29) is 12.2 Å². The van der Waals surface area contributed by atoms with Gasteiger partial charge in [0.1, 0.15) is 12.0 Å². The van der Waals surface area contributed by atoms with Crippen molar-refractivity contribution in [3.8, 4) is 11.1 Å².